The summed E-state index contributed by atoms with van der Waals surface area (Å²) in [4.78, 5) is 0. The molecule has 1 nitrogen and oxygen atoms in total. The van der Waals surface area contributed by atoms with Crippen LogP contribution in [0, 0.1) is 6.92 Å². The largest absolute Gasteiger partial charge is 0.493 e. The lowest BCUT2D eigenvalue weighted by Gasteiger charge is -2.09. The number of unbranched alkanes of at least 4 members (excludes halogenated alkanes) is 4. The molecule has 90 valence electrons. The second-order valence-electron chi connectivity index (χ2n) is 4.17. The quantitative estimate of drug-likeness (QED) is 0.610. The van der Waals surface area contributed by atoms with E-state index in [0.717, 1.165) is 29.4 Å². The molecule has 1 aromatic rings. The summed E-state index contributed by atoms with van der Waals surface area (Å²) in [6, 6.07) is 5.78. The first-order valence-electron chi connectivity index (χ1n) is 6.13. The van der Waals surface area contributed by atoms with Crippen molar-refractivity contribution in [2.75, 3.05) is 6.61 Å². The third kappa shape index (κ3) is 4.89. The second-order valence-corrected chi connectivity index (χ2v) is 4.61. The Kier molecular flexibility index (Phi) is 6.32. The van der Waals surface area contributed by atoms with Crippen molar-refractivity contribution in [2.24, 2.45) is 0 Å². The Labute approximate surface area is 104 Å². The highest BCUT2D eigenvalue weighted by Crippen LogP contribution is 2.22. The highest BCUT2D eigenvalue weighted by molar-refractivity contribution is 6.30. The number of halogens is 1. The summed E-state index contributed by atoms with van der Waals surface area (Å²) in [6.07, 6.45) is 6.32. The highest BCUT2D eigenvalue weighted by atomic mass is 35.5. The third-order valence-electron chi connectivity index (χ3n) is 2.66. The van der Waals surface area contributed by atoms with Crippen molar-refractivity contribution >= 4 is 11.6 Å². The van der Waals surface area contributed by atoms with Crippen LogP contribution in [0.4, 0.5) is 0 Å². The number of hydrogen-bond donors (Lipinski definition) is 0. The molecule has 0 heterocycles. The number of ether oxygens (including phenoxy) is 1. The molecule has 2 heteroatoms. The molecule has 1 aromatic carbocycles. The normalized spacial score (nSPS) is 10.4. The first kappa shape index (κ1) is 13.4. The predicted octanol–water partition coefficient (Wildman–Crippen LogP) is 5.00. The SMILES string of the molecule is CCCCCCCOc1cc(Cl)ccc1C. The van der Waals surface area contributed by atoms with Gasteiger partial charge in [0.25, 0.3) is 0 Å². The average molecular weight is 241 g/mol. The van der Waals surface area contributed by atoms with E-state index in [-0.39, 0.29) is 0 Å². The summed E-state index contributed by atoms with van der Waals surface area (Å²) in [6.45, 7) is 5.07. The fraction of sp³-hybridized carbons (Fsp3) is 0.571. The van der Waals surface area contributed by atoms with Crippen molar-refractivity contribution < 1.29 is 4.74 Å². The molecule has 0 N–H and O–H groups in total. The minimum Gasteiger partial charge on any atom is -0.493 e. The molecular weight excluding hydrogens is 220 g/mol. The number of benzene rings is 1. The van der Waals surface area contributed by atoms with E-state index in [9.17, 15) is 0 Å². The van der Waals surface area contributed by atoms with Gasteiger partial charge in [-0.15, -0.1) is 0 Å². The predicted molar refractivity (Wildman–Crippen MR) is 70.4 cm³/mol. The molecule has 0 saturated heterocycles. The zero-order chi connectivity index (χ0) is 11.8. The molecule has 0 bridgehead atoms. The number of aryl methyl sites for hydroxylation is 1. The monoisotopic (exact) mass is 240 g/mol. The van der Waals surface area contributed by atoms with E-state index in [1.807, 2.05) is 25.1 Å². The van der Waals surface area contributed by atoms with Crippen LogP contribution in [-0.4, -0.2) is 6.61 Å². The molecule has 0 unspecified atom stereocenters. The first-order chi connectivity index (χ1) is 7.74. The molecule has 0 aliphatic rings. The molecular formula is C14H21ClO. The van der Waals surface area contributed by atoms with E-state index in [1.165, 1.54) is 25.7 Å². The minimum absolute atomic E-state index is 0.742. The zero-order valence-corrected chi connectivity index (χ0v) is 11.0. The van der Waals surface area contributed by atoms with Gasteiger partial charge in [0.2, 0.25) is 0 Å². The molecule has 0 saturated carbocycles. The lowest BCUT2D eigenvalue weighted by Crippen LogP contribution is -1.98. The molecule has 0 aliphatic carbocycles. The fourth-order valence-electron chi connectivity index (χ4n) is 1.62. The maximum absolute atomic E-state index is 5.92. The Morgan fingerprint density at radius 1 is 1.12 bits per heavy atom. The van der Waals surface area contributed by atoms with E-state index < -0.39 is 0 Å². The van der Waals surface area contributed by atoms with Crippen LogP contribution >= 0.6 is 11.6 Å². The van der Waals surface area contributed by atoms with Gasteiger partial charge in [0.05, 0.1) is 6.61 Å². The van der Waals surface area contributed by atoms with Gasteiger partial charge in [-0.25, -0.2) is 0 Å². The lowest BCUT2D eigenvalue weighted by molar-refractivity contribution is 0.302. The average Bonchev–Trinajstić information content (AvgIpc) is 2.28. The maximum Gasteiger partial charge on any atom is 0.123 e. The molecule has 0 radical (unpaired) electrons. The van der Waals surface area contributed by atoms with Crippen LogP contribution in [-0.2, 0) is 0 Å². The Morgan fingerprint density at radius 3 is 2.62 bits per heavy atom. The highest BCUT2D eigenvalue weighted by Gasteiger charge is 2.00. The van der Waals surface area contributed by atoms with Crippen molar-refractivity contribution in [3.8, 4) is 5.75 Å². The molecule has 0 spiro atoms. The Morgan fingerprint density at radius 2 is 1.88 bits per heavy atom. The summed E-state index contributed by atoms with van der Waals surface area (Å²) in [7, 11) is 0. The maximum atomic E-state index is 5.92. The second kappa shape index (κ2) is 7.56. The van der Waals surface area contributed by atoms with Crippen molar-refractivity contribution in [1.29, 1.82) is 0 Å². The van der Waals surface area contributed by atoms with Gasteiger partial charge in [-0.05, 0) is 31.0 Å². The molecule has 16 heavy (non-hydrogen) atoms. The molecule has 0 atom stereocenters. The van der Waals surface area contributed by atoms with Crippen molar-refractivity contribution in [3.05, 3.63) is 28.8 Å². The van der Waals surface area contributed by atoms with E-state index in [4.69, 9.17) is 16.3 Å². The van der Waals surface area contributed by atoms with Gasteiger partial charge in [-0.1, -0.05) is 50.3 Å². The summed E-state index contributed by atoms with van der Waals surface area (Å²) in [5, 5.41) is 0.742. The van der Waals surface area contributed by atoms with Crippen molar-refractivity contribution in [1.82, 2.24) is 0 Å². The van der Waals surface area contributed by atoms with Crippen LogP contribution in [0.1, 0.15) is 44.6 Å². The van der Waals surface area contributed by atoms with Crippen LogP contribution in [0.15, 0.2) is 18.2 Å². The Hall–Kier alpha value is -0.690. The molecule has 0 fully saturated rings. The van der Waals surface area contributed by atoms with E-state index in [1.54, 1.807) is 0 Å². The van der Waals surface area contributed by atoms with Crippen LogP contribution in [0.2, 0.25) is 5.02 Å². The van der Waals surface area contributed by atoms with Gasteiger partial charge < -0.3 is 4.74 Å². The number of hydrogen-bond acceptors (Lipinski definition) is 1. The minimum atomic E-state index is 0.742. The molecule has 0 amide bonds. The summed E-state index contributed by atoms with van der Waals surface area (Å²) in [5.41, 5.74) is 1.15. The van der Waals surface area contributed by atoms with Gasteiger partial charge in [0.1, 0.15) is 5.75 Å². The zero-order valence-electron chi connectivity index (χ0n) is 10.3. The Bertz CT molecular complexity index is 310. The van der Waals surface area contributed by atoms with Gasteiger partial charge in [0.15, 0.2) is 0 Å². The van der Waals surface area contributed by atoms with E-state index >= 15 is 0 Å². The summed E-state index contributed by atoms with van der Waals surface area (Å²) < 4.78 is 5.71. The fourth-order valence-corrected chi connectivity index (χ4v) is 1.78. The van der Waals surface area contributed by atoms with Crippen molar-refractivity contribution in [2.45, 2.75) is 46.0 Å². The van der Waals surface area contributed by atoms with Crippen LogP contribution in [0.25, 0.3) is 0 Å². The van der Waals surface area contributed by atoms with Gasteiger partial charge in [-0.2, -0.15) is 0 Å². The smallest absolute Gasteiger partial charge is 0.123 e. The standard InChI is InChI=1S/C14H21ClO/c1-3-4-5-6-7-10-16-14-11-13(15)9-8-12(14)2/h8-9,11H,3-7,10H2,1-2H3. The topological polar surface area (TPSA) is 9.23 Å². The van der Waals surface area contributed by atoms with Gasteiger partial charge in [0, 0.05) is 5.02 Å². The lowest BCUT2D eigenvalue weighted by atomic mass is 10.2. The van der Waals surface area contributed by atoms with Crippen LogP contribution in [0.5, 0.6) is 5.75 Å². The van der Waals surface area contributed by atoms with Crippen LogP contribution < -0.4 is 4.74 Å². The van der Waals surface area contributed by atoms with Gasteiger partial charge >= 0.3 is 0 Å². The van der Waals surface area contributed by atoms with E-state index in [0.29, 0.717) is 0 Å². The first-order valence-corrected chi connectivity index (χ1v) is 6.50. The summed E-state index contributed by atoms with van der Waals surface area (Å²) >= 11 is 5.92. The molecule has 0 aliphatic heterocycles. The molecule has 1 rings (SSSR count). The van der Waals surface area contributed by atoms with E-state index in [2.05, 4.69) is 6.92 Å². The van der Waals surface area contributed by atoms with Crippen LogP contribution in [0.3, 0.4) is 0 Å². The Balaban J connectivity index is 2.23. The van der Waals surface area contributed by atoms with Gasteiger partial charge in [-0.3, -0.25) is 0 Å². The number of rotatable bonds is 7. The third-order valence-corrected chi connectivity index (χ3v) is 2.89. The molecule has 0 aromatic heterocycles. The summed E-state index contributed by atoms with van der Waals surface area (Å²) in [5.74, 6) is 0.919. The van der Waals surface area contributed by atoms with Crippen molar-refractivity contribution in [3.63, 3.8) is 0 Å².